The summed E-state index contributed by atoms with van der Waals surface area (Å²) in [5, 5.41) is 9.96. The Morgan fingerprint density at radius 3 is 2.54 bits per heavy atom. The van der Waals surface area contributed by atoms with E-state index in [9.17, 15) is 4.79 Å². The van der Waals surface area contributed by atoms with Crippen LogP contribution < -0.4 is 10.1 Å². The molecule has 3 heterocycles. The summed E-state index contributed by atoms with van der Waals surface area (Å²) in [6.07, 6.45) is 0. The molecule has 35 heavy (non-hydrogen) atoms. The molecule has 1 aliphatic heterocycles. The summed E-state index contributed by atoms with van der Waals surface area (Å²) in [5.74, 6) is 0.655. The molecule has 1 N–H and O–H groups in total. The van der Waals surface area contributed by atoms with Gasteiger partial charge in [0.1, 0.15) is 17.1 Å². The van der Waals surface area contributed by atoms with Crippen LogP contribution in [0.5, 0.6) is 5.75 Å². The maximum Gasteiger partial charge on any atom is 0.270 e. The van der Waals surface area contributed by atoms with E-state index in [4.69, 9.17) is 14.6 Å². The first-order valence-electron chi connectivity index (χ1n) is 11.7. The van der Waals surface area contributed by atoms with Gasteiger partial charge in [-0.25, -0.2) is 4.68 Å². The van der Waals surface area contributed by atoms with Gasteiger partial charge in [0.25, 0.3) is 5.91 Å². The fourth-order valence-corrected chi connectivity index (χ4v) is 4.99. The van der Waals surface area contributed by atoms with E-state index < -0.39 is 0 Å². The minimum atomic E-state index is -0.157. The summed E-state index contributed by atoms with van der Waals surface area (Å²) in [6.45, 7) is 3.48. The van der Waals surface area contributed by atoms with Crippen molar-refractivity contribution >= 4 is 17.2 Å². The smallest absolute Gasteiger partial charge is 0.270 e. The number of thiophene rings is 1. The Balaban J connectivity index is 1.41. The maximum absolute atomic E-state index is 13.5. The number of nitrogens with zero attached hydrogens (tertiary/aromatic N) is 3. The third kappa shape index (κ3) is 5.30. The van der Waals surface area contributed by atoms with Crippen molar-refractivity contribution in [3.63, 3.8) is 0 Å². The average Bonchev–Trinajstić information content (AvgIpc) is 3.61. The number of benzene rings is 2. The molecular formula is C27H28N4O3S. The highest BCUT2D eigenvalue weighted by Crippen LogP contribution is 2.27. The predicted molar refractivity (Wildman–Crippen MR) is 137 cm³/mol. The van der Waals surface area contributed by atoms with Gasteiger partial charge in [0.2, 0.25) is 0 Å². The minimum absolute atomic E-state index is 0.0265. The van der Waals surface area contributed by atoms with E-state index in [1.807, 2.05) is 66.0 Å². The number of carbonyl (C=O) groups excluding carboxylic acids is 1. The lowest BCUT2D eigenvalue weighted by Gasteiger charge is -2.35. The van der Waals surface area contributed by atoms with Gasteiger partial charge in [0.05, 0.1) is 36.9 Å². The van der Waals surface area contributed by atoms with Crippen LogP contribution in [-0.4, -0.2) is 60.5 Å². The van der Waals surface area contributed by atoms with E-state index in [1.54, 1.807) is 23.1 Å². The summed E-state index contributed by atoms with van der Waals surface area (Å²) in [7, 11) is 1.66. The van der Waals surface area contributed by atoms with Crippen molar-refractivity contribution in [1.29, 1.82) is 0 Å². The van der Waals surface area contributed by atoms with Crippen LogP contribution in [0.1, 0.15) is 22.1 Å². The molecular weight excluding hydrogens is 460 g/mol. The van der Waals surface area contributed by atoms with E-state index in [1.165, 1.54) is 0 Å². The molecule has 1 saturated heterocycles. The van der Waals surface area contributed by atoms with Gasteiger partial charge in [0, 0.05) is 19.6 Å². The third-order valence-electron chi connectivity index (χ3n) is 6.16. The molecule has 0 saturated carbocycles. The van der Waals surface area contributed by atoms with E-state index in [-0.39, 0.29) is 11.9 Å². The molecule has 0 bridgehead atoms. The highest BCUT2D eigenvalue weighted by molar-refractivity contribution is 7.13. The molecule has 5 rings (SSSR count). The SMILES string of the molecule is COc1ccc(C(CNC(=O)c2cc(-c3cccs3)nn2-c2ccccc2)N2CCOCC2)cc1. The summed E-state index contributed by atoms with van der Waals surface area (Å²) in [5.41, 5.74) is 3.27. The number of para-hydroxylation sites is 1. The molecule has 0 radical (unpaired) electrons. The van der Waals surface area contributed by atoms with Crippen LogP contribution in [0, 0.1) is 0 Å². The number of morpholine rings is 1. The standard InChI is InChI=1S/C27H28N4O3S/c1-33-22-11-9-20(10-12-22)25(30-13-15-34-16-14-30)19-28-27(32)24-18-23(26-8-5-17-35-26)29-31(24)21-6-3-2-4-7-21/h2-12,17-18,25H,13-16,19H2,1H3,(H,28,32). The van der Waals surface area contributed by atoms with E-state index in [2.05, 4.69) is 22.3 Å². The molecule has 4 aromatic rings. The topological polar surface area (TPSA) is 68.6 Å². The molecule has 0 spiro atoms. The molecule has 2 aromatic heterocycles. The van der Waals surface area contributed by atoms with Crippen LogP contribution in [0.25, 0.3) is 16.3 Å². The highest BCUT2D eigenvalue weighted by Gasteiger charge is 2.25. The van der Waals surface area contributed by atoms with Crippen LogP contribution in [0.4, 0.5) is 0 Å². The molecule has 7 nitrogen and oxygen atoms in total. The lowest BCUT2D eigenvalue weighted by Crippen LogP contribution is -2.44. The Morgan fingerprint density at radius 1 is 1.09 bits per heavy atom. The second-order valence-corrected chi connectivity index (χ2v) is 9.23. The van der Waals surface area contributed by atoms with E-state index in [0.717, 1.165) is 40.7 Å². The van der Waals surface area contributed by atoms with Crippen molar-refractivity contribution in [2.24, 2.45) is 0 Å². The first-order chi connectivity index (χ1) is 17.2. The van der Waals surface area contributed by atoms with Crippen molar-refractivity contribution in [2.75, 3.05) is 40.0 Å². The number of amides is 1. The lowest BCUT2D eigenvalue weighted by molar-refractivity contribution is 0.0162. The number of ether oxygens (including phenoxy) is 2. The van der Waals surface area contributed by atoms with Crippen LogP contribution in [0.2, 0.25) is 0 Å². The fourth-order valence-electron chi connectivity index (χ4n) is 4.31. The summed E-state index contributed by atoms with van der Waals surface area (Å²) < 4.78 is 12.6. The molecule has 1 fully saturated rings. The molecule has 0 aliphatic carbocycles. The number of nitrogens with one attached hydrogen (secondary N) is 1. The van der Waals surface area contributed by atoms with Crippen molar-refractivity contribution in [3.8, 4) is 22.0 Å². The number of hydrogen-bond donors (Lipinski definition) is 1. The van der Waals surface area contributed by atoms with E-state index in [0.29, 0.717) is 25.5 Å². The monoisotopic (exact) mass is 488 g/mol. The highest BCUT2D eigenvalue weighted by atomic mass is 32.1. The van der Waals surface area contributed by atoms with Crippen molar-refractivity contribution in [1.82, 2.24) is 20.0 Å². The van der Waals surface area contributed by atoms with Gasteiger partial charge in [-0.05, 0) is 47.3 Å². The van der Waals surface area contributed by atoms with Crippen molar-refractivity contribution < 1.29 is 14.3 Å². The zero-order chi connectivity index (χ0) is 24.0. The fraction of sp³-hybridized carbons (Fsp3) is 0.259. The molecule has 2 aromatic carbocycles. The largest absolute Gasteiger partial charge is 0.497 e. The Kier molecular flexibility index (Phi) is 7.23. The van der Waals surface area contributed by atoms with Crippen molar-refractivity contribution in [3.05, 3.63) is 89.4 Å². The maximum atomic E-state index is 13.5. The van der Waals surface area contributed by atoms with Crippen LogP contribution >= 0.6 is 11.3 Å². The second kappa shape index (κ2) is 10.9. The van der Waals surface area contributed by atoms with Gasteiger partial charge >= 0.3 is 0 Å². The Hall–Kier alpha value is -3.46. The third-order valence-corrected chi connectivity index (χ3v) is 7.05. The van der Waals surface area contributed by atoms with Crippen LogP contribution in [0.15, 0.2) is 78.2 Å². The molecule has 1 aliphatic rings. The quantitative estimate of drug-likeness (QED) is 0.398. The van der Waals surface area contributed by atoms with Gasteiger partial charge in [-0.2, -0.15) is 5.10 Å². The zero-order valence-electron chi connectivity index (χ0n) is 19.6. The number of carbonyl (C=O) groups is 1. The number of aromatic nitrogens is 2. The summed E-state index contributed by atoms with van der Waals surface area (Å²) >= 11 is 1.61. The van der Waals surface area contributed by atoms with E-state index >= 15 is 0 Å². The Labute approximate surface area is 208 Å². The van der Waals surface area contributed by atoms with Crippen LogP contribution in [0.3, 0.4) is 0 Å². The normalized spacial score (nSPS) is 15.0. The average molecular weight is 489 g/mol. The lowest BCUT2D eigenvalue weighted by atomic mass is 10.0. The van der Waals surface area contributed by atoms with Crippen LogP contribution in [-0.2, 0) is 4.74 Å². The van der Waals surface area contributed by atoms with Gasteiger partial charge < -0.3 is 14.8 Å². The number of rotatable bonds is 8. The summed E-state index contributed by atoms with van der Waals surface area (Å²) in [4.78, 5) is 16.9. The van der Waals surface area contributed by atoms with Gasteiger partial charge in [-0.3, -0.25) is 9.69 Å². The molecule has 1 unspecified atom stereocenters. The van der Waals surface area contributed by atoms with Crippen molar-refractivity contribution in [2.45, 2.75) is 6.04 Å². The molecule has 180 valence electrons. The predicted octanol–water partition coefficient (Wildman–Crippen LogP) is 4.41. The van der Waals surface area contributed by atoms with Gasteiger partial charge in [0.15, 0.2) is 0 Å². The Morgan fingerprint density at radius 2 is 1.86 bits per heavy atom. The van der Waals surface area contributed by atoms with Gasteiger partial charge in [-0.15, -0.1) is 11.3 Å². The molecule has 1 atom stereocenters. The number of methoxy groups -OCH3 is 1. The first kappa shape index (κ1) is 23.3. The minimum Gasteiger partial charge on any atom is -0.497 e. The second-order valence-electron chi connectivity index (χ2n) is 8.29. The number of hydrogen-bond acceptors (Lipinski definition) is 6. The molecule has 8 heteroatoms. The first-order valence-corrected chi connectivity index (χ1v) is 12.5. The Bertz CT molecular complexity index is 1230. The summed E-state index contributed by atoms with van der Waals surface area (Å²) in [6, 6.07) is 23.7. The zero-order valence-corrected chi connectivity index (χ0v) is 20.4. The van der Waals surface area contributed by atoms with Gasteiger partial charge in [-0.1, -0.05) is 36.4 Å². The molecule has 1 amide bonds.